The number of carboxylic acids is 1. The lowest BCUT2D eigenvalue weighted by atomic mass is 10.0. The molecule has 0 radical (unpaired) electrons. The average molecular weight is 692 g/mol. The molecule has 2 amide bonds. The van der Waals surface area contributed by atoms with Crippen molar-refractivity contribution in [2.75, 3.05) is 11.9 Å². The van der Waals surface area contributed by atoms with Crippen molar-refractivity contribution in [2.24, 2.45) is 0 Å². The monoisotopic (exact) mass is 691 g/mol. The number of pyridine rings is 1. The largest absolute Gasteiger partial charge is 0.507 e. The zero-order valence-corrected chi connectivity index (χ0v) is 24.4. The number of aromatic hydroxyl groups is 1. The Morgan fingerprint density at radius 2 is 1.64 bits per heavy atom. The van der Waals surface area contributed by atoms with Gasteiger partial charge < -0.3 is 20.5 Å². The molecule has 0 spiro atoms. The van der Waals surface area contributed by atoms with Crippen LogP contribution in [0, 0.1) is 0 Å². The van der Waals surface area contributed by atoms with Gasteiger partial charge in [-0.3, -0.25) is 19.3 Å². The van der Waals surface area contributed by atoms with Crippen molar-refractivity contribution in [1.29, 1.82) is 0 Å². The molecule has 18 heteroatoms. The van der Waals surface area contributed by atoms with Gasteiger partial charge in [0.15, 0.2) is 0 Å². The number of anilines is 1. The molecule has 45 heavy (non-hydrogen) atoms. The number of alkyl halides is 6. The maximum absolute atomic E-state index is 13.4. The fourth-order valence-electron chi connectivity index (χ4n) is 3.98. The van der Waals surface area contributed by atoms with Gasteiger partial charge in [0, 0.05) is 36.5 Å². The number of rotatable bonds is 7. The van der Waals surface area contributed by atoms with Gasteiger partial charge in [0.2, 0.25) is 11.3 Å². The molecule has 2 aromatic carbocycles. The minimum absolute atomic E-state index is 0.00942. The molecule has 9 nitrogen and oxygen atoms in total. The summed E-state index contributed by atoms with van der Waals surface area (Å²) in [6, 6.07) is 4.83. The Bertz CT molecular complexity index is 1810. The number of H-pyrrole nitrogens is 1. The van der Waals surface area contributed by atoms with E-state index in [-0.39, 0.29) is 45.2 Å². The first-order valence-electron chi connectivity index (χ1n) is 12.2. The van der Waals surface area contributed by atoms with Gasteiger partial charge in [-0.2, -0.15) is 26.3 Å². The number of thioether (sulfide) groups is 1. The summed E-state index contributed by atoms with van der Waals surface area (Å²) in [5.41, 5.74) is -5.84. The van der Waals surface area contributed by atoms with Crippen LogP contribution in [0.3, 0.4) is 0 Å². The molecule has 0 aliphatic carbocycles. The van der Waals surface area contributed by atoms with Crippen LogP contribution in [0.15, 0.2) is 52.2 Å². The van der Waals surface area contributed by atoms with Gasteiger partial charge in [0.1, 0.15) is 20.7 Å². The predicted molar refractivity (Wildman–Crippen MR) is 156 cm³/mol. The van der Waals surface area contributed by atoms with E-state index in [0.29, 0.717) is 18.2 Å². The SMILES string of the molecule is O=C(CCN1C(=O)C(=Cc2[nH]c(-c3cc(C(F)(F)F)cc(C(F)(F)F)c3)cc(=O)c2Cl)SC1=S)Nc1ccc(C(=O)O)c(O)c1. The highest BCUT2D eigenvalue weighted by Gasteiger charge is 2.37. The van der Waals surface area contributed by atoms with Crippen molar-refractivity contribution in [2.45, 2.75) is 18.8 Å². The van der Waals surface area contributed by atoms with E-state index >= 15 is 0 Å². The van der Waals surface area contributed by atoms with Crippen LogP contribution < -0.4 is 10.7 Å². The van der Waals surface area contributed by atoms with Crippen LogP contribution >= 0.6 is 35.6 Å². The number of aromatic nitrogens is 1. The number of hydrogen-bond acceptors (Lipinski definition) is 7. The number of thiocarbonyl (C=S) groups is 1. The molecule has 1 aromatic heterocycles. The summed E-state index contributed by atoms with van der Waals surface area (Å²) in [5, 5.41) is 20.7. The number of benzene rings is 2. The molecule has 4 N–H and O–H groups in total. The molecular weight excluding hydrogens is 676 g/mol. The Morgan fingerprint density at radius 1 is 1.02 bits per heavy atom. The lowest BCUT2D eigenvalue weighted by Gasteiger charge is -2.15. The van der Waals surface area contributed by atoms with E-state index in [1.54, 1.807) is 0 Å². The predicted octanol–water partition coefficient (Wildman–Crippen LogP) is 6.37. The highest BCUT2D eigenvalue weighted by Crippen LogP contribution is 2.39. The number of carbonyl (C=O) groups excluding carboxylic acids is 2. The first kappa shape index (κ1) is 33.5. The Morgan fingerprint density at radius 3 is 2.20 bits per heavy atom. The molecule has 1 saturated heterocycles. The molecule has 1 aliphatic rings. The van der Waals surface area contributed by atoms with Crippen LogP contribution in [0.5, 0.6) is 5.75 Å². The third-order valence-corrected chi connectivity index (χ3v) is 7.89. The van der Waals surface area contributed by atoms with Crippen molar-refractivity contribution in [3.05, 3.63) is 85.0 Å². The van der Waals surface area contributed by atoms with E-state index in [2.05, 4.69) is 10.3 Å². The average Bonchev–Trinajstić information content (AvgIpc) is 3.19. The molecule has 1 aliphatic heterocycles. The Hall–Kier alpha value is -4.35. The first-order valence-corrected chi connectivity index (χ1v) is 13.8. The number of aromatic carboxylic acids is 1. The number of carboxylic acid groups (broad SMARTS) is 1. The van der Waals surface area contributed by atoms with Crippen molar-refractivity contribution < 1.29 is 50.9 Å². The molecule has 1 fully saturated rings. The van der Waals surface area contributed by atoms with E-state index in [1.165, 1.54) is 6.07 Å². The molecular formula is C27H16ClF6N3O6S2. The number of halogens is 7. The Kier molecular flexibility index (Phi) is 9.37. The van der Waals surface area contributed by atoms with Crippen LogP contribution in [0.2, 0.25) is 5.02 Å². The lowest BCUT2D eigenvalue weighted by Crippen LogP contribution is -2.31. The number of amides is 2. The number of aromatic amines is 1. The van der Waals surface area contributed by atoms with Crippen molar-refractivity contribution >= 4 is 69.4 Å². The number of nitrogens with zero attached hydrogens (tertiary/aromatic N) is 1. The summed E-state index contributed by atoms with van der Waals surface area (Å²) in [5.74, 6) is -3.33. The second-order valence-corrected chi connectivity index (χ2v) is 11.3. The summed E-state index contributed by atoms with van der Waals surface area (Å²) in [6.45, 7) is -0.234. The molecule has 4 rings (SSSR count). The fourth-order valence-corrected chi connectivity index (χ4v) is 5.43. The van der Waals surface area contributed by atoms with Gasteiger partial charge in [-0.25, -0.2) is 4.79 Å². The smallest absolute Gasteiger partial charge is 0.416 e. The molecule has 2 heterocycles. The zero-order chi connectivity index (χ0) is 33.4. The normalized spacial score (nSPS) is 14.7. The van der Waals surface area contributed by atoms with Crippen molar-refractivity contribution in [1.82, 2.24) is 9.88 Å². The maximum atomic E-state index is 13.4. The summed E-state index contributed by atoms with van der Waals surface area (Å²) >= 11 is 12.0. The van der Waals surface area contributed by atoms with Crippen molar-refractivity contribution in [3.8, 4) is 17.0 Å². The van der Waals surface area contributed by atoms with Gasteiger partial charge in [0.05, 0.1) is 21.7 Å². The molecule has 0 bridgehead atoms. The van der Waals surface area contributed by atoms with Gasteiger partial charge in [-0.15, -0.1) is 0 Å². The van der Waals surface area contributed by atoms with E-state index < -0.39 is 68.7 Å². The van der Waals surface area contributed by atoms with Gasteiger partial charge in [-0.1, -0.05) is 35.6 Å². The first-order chi connectivity index (χ1) is 20.8. The summed E-state index contributed by atoms with van der Waals surface area (Å²) in [4.78, 5) is 52.4. The molecule has 236 valence electrons. The summed E-state index contributed by atoms with van der Waals surface area (Å²) < 4.78 is 80.1. The summed E-state index contributed by atoms with van der Waals surface area (Å²) in [7, 11) is 0. The molecule has 3 aromatic rings. The Balaban J connectivity index is 1.57. The summed E-state index contributed by atoms with van der Waals surface area (Å²) in [6.07, 6.45) is -9.52. The van der Waals surface area contributed by atoms with Crippen LogP contribution in [0.25, 0.3) is 17.3 Å². The third-order valence-electron chi connectivity index (χ3n) is 6.12. The maximum Gasteiger partial charge on any atom is 0.416 e. The number of carbonyl (C=O) groups is 3. The van der Waals surface area contributed by atoms with Crippen molar-refractivity contribution in [3.63, 3.8) is 0 Å². The Labute approximate surface area is 262 Å². The van der Waals surface area contributed by atoms with E-state index in [9.17, 15) is 50.6 Å². The van der Waals surface area contributed by atoms with Gasteiger partial charge in [0.25, 0.3) is 5.91 Å². The zero-order valence-electron chi connectivity index (χ0n) is 22.0. The van der Waals surface area contributed by atoms with E-state index in [1.807, 2.05) is 0 Å². The quantitative estimate of drug-likeness (QED) is 0.127. The minimum Gasteiger partial charge on any atom is -0.507 e. The fraction of sp³-hybridized carbons (Fsp3) is 0.148. The minimum atomic E-state index is -5.14. The molecule has 0 unspecified atom stereocenters. The highest BCUT2D eigenvalue weighted by atomic mass is 35.5. The highest BCUT2D eigenvalue weighted by molar-refractivity contribution is 8.26. The number of nitrogens with one attached hydrogen (secondary N) is 2. The number of hydrogen-bond donors (Lipinski definition) is 4. The number of phenols is 1. The lowest BCUT2D eigenvalue weighted by molar-refractivity contribution is -0.143. The van der Waals surface area contributed by atoms with Crippen LogP contribution in [0.1, 0.15) is 33.6 Å². The second kappa shape index (κ2) is 12.6. The third kappa shape index (κ3) is 7.66. The standard InChI is InChI=1S/C27H16ClF6N3O6S2/c28-22-17(36-16(9-19(22)39)11-5-12(26(29,30)31)7-13(6-11)27(32,33)34)10-20-23(41)37(25(44)45-20)4-3-21(40)35-14-1-2-15(24(42)43)18(38)8-14/h1-2,5-10,38H,3-4H2,(H,35,40)(H,36,39)(H,42,43). The van der Waals surface area contributed by atoms with Crippen LogP contribution in [-0.4, -0.2) is 48.7 Å². The van der Waals surface area contributed by atoms with Gasteiger partial charge in [-0.05, 0) is 42.0 Å². The topological polar surface area (TPSA) is 140 Å². The van der Waals surface area contributed by atoms with Crippen LogP contribution in [0.4, 0.5) is 32.0 Å². The van der Waals surface area contributed by atoms with Crippen LogP contribution in [-0.2, 0) is 21.9 Å². The van der Waals surface area contributed by atoms with E-state index in [0.717, 1.165) is 34.9 Å². The molecule has 0 atom stereocenters. The second-order valence-electron chi connectivity index (χ2n) is 9.24. The van der Waals surface area contributed by atoms with E-state index in [4.69, 9.17) is 28.9 Å². The molecule has 0 saturated carbocycles. The van der Waals surface area contributed by atoms with Gasteiger partial charge >= 0.3 is 18.3 Å².